The summed E-state index contributed by atoms with van der Waals surface area (Å²) >= 11 is 0. The Morgan fingerprint density at radius 1 is 1.65 bits per heavy atom. The summed E-state index contributed by atoms with van der Waals surface area (Å²) in [5, 5.41) is 20.5. The zero-order chi connectivity index (χ0) is 12.7. The van der Waals surface area contributed by atoms with E-state index in [2.05, 4.69) is 10.3 Å². The first kappa shape index (κ1) is 13.1. The average Bonchev–Trinajstić information content (AvgIpc) is 2.38. The Kier molecular flexibility index (Phi) is 5.11. The molecule has 0 aliphatic carbocycles. The molecule has 0 fully saturated rings. The van der Waals surface area contributed by atoms with Crippen LogP contribution in [0, 0.1) is 11.3 Å². The Balaban J connectivity index is 2.44. The largest absolute Gasteiger partial charge is 0.393 e. The molecule has 0 aromatic carbocycles. The first-order valence-electron chi connectivity index (χ1n) is 5.49. The molecule has 1 atom stereocenters. The Morgan fingerprint density at radius 3 is 2.94 bits per heavy atom. The fourth-order valence-corrected chi connectivity index (χ4v) is 1.24. The van der Waals surface area contributed by atoms with Gasteiger partial charge in [-0.2, -0.15) is 5.26 Å². The molecule has 2 N–H and O–H groups in total. The number of nitriles is 1. The van der Waals surface area contributed by atoms with Crippen molar-refractivity contribution in [3.05, 3.63) is 29.6 Å². The Bertz CT molecular complexity index is 409. The van der Waals surface area contributed by atoms with Crippen molar-refractivity contribution in [1.82, 2.24) is 10.3 Å². The van der Waals surface area contributed by atoms with Crippen LogP contribution in [0.25, 0.3) is 0 Å². The second-order valence-corrected chi connectivity index (χ2v) is 3.65. The van der Waals surface area contributed by atoms with Crippen molar-refractivity contribution in [2.45, 2.75) is 25.9 Å². The van der Waals surface area contributed by atoms with Gasteiger partial charge in [-0.25, -0.2) is 4.98 Å². The number of nitrogens with zero attached hydrogens (tertiary/aromatic N) is 2. The molecule has 17 heavy (non-hydrogen) atoms. The van der Waals surface area contributed by atoms with E-state index in [4.69, 9.17) is 5.26 Å². The van der Waals surface area contributed by atoms with Gasteiger partial charge in [0.2, 0.25) is 0 Å². The molecule has 1 heterocycles. The third kappa shape index (κ3) is 4.21. The van der Waals surface area contributed by atoms with Gasteiger partial charge >= 0.3 is 0 Å². The summed E-state index contributed by atoms with van der Waals surface area (Å²) in [6, 6.07) is 4.98. The highest BCUT2D eigenvalue weighted by molar-refractivity contribution is 5.92. The predicted molar refractivity (Wildman–Crippen MR) is 62.2 cm³/mol. The monoisotopic (exact) mass is 233 g/mol. The lowest BCUT2D eigenvalue weighted by atomic mass is 10.2. The molecular formula is C12H15N3O2. The maximum absolute atomic E-state index is 11.6. The van der Waals surface area contributed by atoms with Crippen molar-refractivity contribution in [3.8, 4) is 6.07 Å². The van der Waals surface area contributed by atoms with E-state index in [-0.39, 0.29) is 17.7 Å². The number of carbonyl (C=O) groups is 1. The van der Waals surface area contributed by atoms with E-state index in [1.165, 1.54) is 12.3 Å². The number of hydrogen-bond donors (Lipinski definition) is 2. The first-order valence-corrected chi connectivity index (χ1v) is 5.49. The smallest absolute Gasteiger partial charge is 0.269 e. The Morgan fingerprint density at radius 2 is 2.41 bits per heavy atom. The van der Waals surface area contributed by atoms with Crippen LogP contribution < -0.4 is 5.32 Å². The standard InChI is InChI=1S/C12H15N3O2/c1-2-10(16)5-6-14-12(17)11-4-3-9(7-13)8-15-11/h3-4,8,10,16H,2,5-6H2,1H3,(H,14,17). The molecule has 90 valence electrons. The van der Waals surface area contributed by atoms with E-state index in [1.54, 1.807) is 6.07 Å². The molecule has 0 aliphatic heterocycles. The molecule has 1 unspecified atom stereocenters. The maximum atomic E-state index is 11.6. The number of rotatable bonds is 5. The number of pyridine rings is 1. The van der Waals surface area contributed by atoms with Gasteiger partial charge in [0.1, 0.15) is 11.8 Å². The van der Waals surface area contributed by atoms with Crippen molar-refractivity contribution >= 4 is 5.91 Å². The summed E-state index contributed by atoms with van der Waals surface area (Å²) in [7, 11) is 0. The molecular weight excluding hydrogens is 218 g/mol. The van der Waals surface area contributed by atoms with Crippen molar-refractivity contribution in [3.63, 3.8) is 0 Å². The van der Waals surface area contributed by atoms with E-state index in [1.807, 2.05) is 13.0 Å². The van der Waals surface area contributed by atoms with Crippen LogP contribution in [0.4, 0.5) is 0 Å². The minimum Gasteiger partial charge on any atom is -0.393 e. The van der Waals surface area contributed by atoms with Crippen LogP contribution in [-0.2, 0) is 0 Å². The van der Waals surface area contributed by atoms with Crippen molar-refractivity contribution < 1.29 is 9.90 Å². The van der Waals surface area contributed by atoms with Gasteiger partial charge in [0.05, 0.1) is 11.7 Å². The normalized spacial score (nSPS) is 11.6. The summed E-state index contributed by atoms with van der Waals surface area (Å²) in [5.74, 6) is -0.294. The maximum Gasteiger partial charge on any atom is 0.269 e. The molecule has 0 bridgehead atoms. The highest BCUT2D eigenvalue weighted by Crippen LogP contribution is 1.99. The topological polar surface area (TPSA) is 86.0 Å². The van der Waals surface area contributed by atoms with Gasteiger partial charge in [0.15, 0.2) is 0 Å². The van der Waals surface area contributed by atoms with Crippen LogP contribution >= 0.6 is 0 Å². The van der Waals surface area contributed by atoms with Gasteiger partial charge in [-0.05, 0) is 25.0 Å². The summed E-state index contributed by atoms with van der Waals surface area (Å²) in [6.07, 6.45) is 2.17. The van der Waals surface area contributed by atoms with E-state index in [0.29, 0.717) is 24.9 Å². The fraction of sp³-hybridized carbons (Fsp3) is 0.417. The lowest BCUT2D eigenvalue weighted by Gasteiger charge is -2.08. The van der Waals surface area contributed by atoms with E-state index >= 15 is 0 Å². The molecule has 1 rings (SSSR count). The predicted octanol–water partition coefficient (Wildman–Crippen LogP) is 0.844. The van der Waals surface area contributed by atoms with Crippen molar-refractivity contribution in [2.24, 2.45) is 0 Å². The number of hydrogen-bond acceptors (Lipinski definition) is 4. The van der Waals surface area contributed by atoms with Crippen LogP contribution in [0.3, 0.4) is 0 Å². The number of carbonyl (C=O) groups excluding carboxylic acids is 1. The van der Waals surface area contributed by atoms with Gasteiger partial charge in [-0.15, -0.1) is 0 Å². The molecule has 0 spiro atoms. The average molecular weight is 233 g/mol. The molecule has 5 heteroatoms. The lowest BCUT2D eigenvalue weighted by Crippen LogP contribution is -2.27. The molecule has 1 aromatic rings. The SMILES string of the molecule is CCC(O)CCNC(=O)c1ccc(C#N)cn1. The number of aliphatic hydroxyl groups is 1. The lowest BCUT2D eigenvalue weighted by molar-refractivity contribution is 0.0937. The third-order valence-electron chi connectivity index (χ3n) is 2.36. The van der Waals surface area contributed by atoms with Crippen LogP contribution in [0.15, 0.2) is 18.3 Å². The van der Waals surface area contributed by atoms with Gasteiger partial charge in [-0.1, -0.05) is 6.92 Å². The Hall–Kier alpha value is -1.93. The molecule has 0 radical (unpaired) electrons. The van der Waals surface area contributed by atoms with Crippen LogP contribution in [-0.4, -0.2) is 28.6 Å². The highest BCUT2D eigenvalue weighted by Gasteiger charge is 2.07. The number of amides is 1. The summed E-state index contributed by atoms with van der Waals surface area (Å²) in [6.45, 7) is 2.30. The summed E-state index contributed by atoms with van der Waals surface area (Å²) < 4.78 is 0. The molecule has 5 nitrogen and oxygen atoms in total. The van der Waals surface area contributed by atoms with Gasteiger partial charge in [0, 0.05) is 12.7 Å². The second kappa shape index (κ2) is 6.61. The number of aliphatic hydroxyl groups excluding tert-OH is 1. The zero-order valence-electron chi connectivity index (χ0n) is 9.68. The van der Waals surface area contributed by atoms with E-state index in [9.17, 15) is 9.90 Å². The fourth-order valence-electron chi connectivity index (χ4n) is 1.24. The second-order valence-electron chi connectivity index (χ2n) is 3.65. The number of nitrogens with one attached hydrogen (secondary N) is 1. The highest BCUT2D eigenvalue weighted by atomic mass is 16.3. The third-order valence-corrected chi connectivity index (χ3v) is 2.36. The molecule has 0 saturated carbocycles. The molecule has 1 amide bonds. The summed E-state index contributed by atoms with van der Waals surface area (Å²) in [4.78, 5) is 15.4. The minimum atomic E-state index is -0.385. The minimum absolute atomic E-state index is 0.273. The molecule has 0 aliphatic rings. The zero-order valence-corrected chi connectivity index (χ0v) is 9.68. The number of aromatic nitrogens is 1. The Labute approximate surface area is 100 Å². The van der Waals surface area contributed by atoms with E-state index in [0.717, 1.165) is 0 Å². The van der Waals surface area contributed by atoms with Crippen LogP contribution in [0.1, 0.15) is 35.8 Å². The quantitative estimate of drug-likeness (QED) is 0.789. The molecule has 1 aromatic heterocycles. The summed E-state index contributed by atoms with van der Waals surface area (Å²) in [5.41, 5.74) is 0.693. The van der Waals surface area contributed by atoms with Gasteiger partial charge in [-0.3, -0.25) is 4.79 Å². The van der Waals surface area contributed by atoms with Crippen molar-refractivity contribution in [1.29, 1.82) is 5.26 Å². The van der Waals surface area contributed by atoms with Crippen LogP contribution in [0.5, 0.6) is 0 Å². The first-order chi connectivity index (χ1) is 8.17. The van der Waals surface area contributed by atoms with Crippen molar-refractivity contribution in [2.75, 3.05) is 6.54 Å². The van der Waals surface area contributed by atoms with Gasteiger partial charge < -0.3 is 10.4 Å². The van der Waals surface area contributed by atoms with E-state index < -0.39 is 0 Å². The molecule has 0 saturated heterocycles. The van der Waals surface area contributed by atoms with Gasteiger partial charge in [0.25, 0.3) is 5.91 Å². The van der Waals surface area contributed by atoms with Crippen LogP contribution in [0.2, 0.25) is 0 Å².